The first kappa shape index (κ1) is 20.1. The quantitative estimate of drug-likeness (QED) is 0.647. The van der Waals surface area contributed by atoms with Gasteiger partial charge in [0.1, 0.15) is 5.75 Å². The van der Waals surface area contributed by atoms with Gasteiger partial charge >= 0.3 is 0 Å². The van der Waals surface area contributed by atoms with Gasteiger partial charge in [0.25, 0.3) is 0 Å². The van der Waals surface area contributed by atoms with Crippen LogP contribution in [0.25, 0.3) is 11.4 Å². The van der Waals surface area contributed by atoms with Crippen molar-refractivity contribution in [2.45, 2.75) is 32.0 Å². The van der Waals surface area contributed by atoms with E-state index in [4.69, 9.17) is 9.26 Å². The SMILES string of the molecule is COc1ccc(-c2noc(C3CC(O)CN3Cc3ccc(NC(C)=O)cc3)n2)cc1. The fraction of sp³-hybridized carbons (Fsp3) is 0.318. The Kier molecular flexibility index (Phi) is 5.78. The molecule has 1 saturated heterocycles. The van der Waals surface area contributed by atoms with E-state index in [1.54, 1.807) is 7.11 Å². The van der Waals surface area contributed by atoms with Crippen molar-refractivity contribution in [2.75, 3.05) is 19.0 Å². The molecule has 0 saturated carbocycles. The first-order chi connectivity index (χ1) is 14.5. The Bertz CT molecular complexity index is 1000. The first-order valence-corrected chi connectivity index (χ1v) is 9.78. The van der Waals surface area contributed by atoms with E-state index in [-0.39, 0.29) is 11.9 Å². The molecule has 1 aliphatic rings. The van der Waals surface area contributed by atoms with E-state index < -0.39 is 6.10 Å². The molecule has 156 valence electrons. The molecule has 1 amide bonds. The molecule has 0 radical (unpaired) electrons. The largest absolute Gasteiger partial charge is 0.497 e. The third-order valence-electron chi connectivity index (χ3n) is 5.12. The standard InChI is InChI=1S/C22H24N4O4/c1-14(27)23-17-7-3-15(4-8-17)12-26-13-18(28)11-20(26)22-24-21(25-30-22)16-5-9-19(29-2)10-6-16/h3-10,18,20,28H,11-13H2,1-2H3,(H,23,27). The number of hydrogen-bond donors (Lipinski definition) is 2. The number of carbonyl (C=O) groups is 1. The summed E-state index contributed by atoms with van der Waals surface area (Å²) in [7, 11) is 1.62. The van der Waals surface area contributed by atoms with Gasteiger partial charge in [0.2, 0.25) is 17.6 Å². The topological polar surface area (TPSA) is 101 Å². The zero-order valence-electron chi connectivity index (χ0n) is 16.9. The molecule has 1 aliphatic heterocycles. The first-order valence-electron chi connectivity index (χ1n) is 9.78. The van der Waals surface area contributed by atoms with Crippen molar-refractivity contribution in [2.24, 2.45) is 0 Å². The van der Waals surface area contributed by atoms with Crippen LogP contribution in [0.1, 0.15) is 30.8 Å². The Morgan fingerprint density at radius 3 is 2.63 bits per heavy atom. The summed E-state index contributed by atoms with van der Waals surface area (Å²) >= 11 is 0. The number of methoxy groups -OCH3 is 1. The van der Waals surface area contributed by atoms with Crippen LogP contribution in [0.15, 0.2) is 53.1 Å². The van der Waals surface area contributed by atoms with Crippen molar-refractivity contribution < 1.29 is 19.2 Å². The number of carbonyl (C=O) groups excluding carboxylic acids is 1. The van der Waals surface area contributed by atoms with Gasteiger partial charge in [-0.2, -0.15) is 4.98 Å². The summed E-state index contributed by atoms with van der Waals surface area (Å²) in [6.07, 6.45) is 0.0822. The number of aliphatic hydroxyl groups is 1. The molecule has 8 nitrogen and oxygen atoms in total. The van der Waals surface area contributed by atoms with Crippen LogP contribution in [-0.2, 0) is 11.3 Å². The summed E-state index contributed by atoms with van der Waals surface area (Å²) < 4.78 is 10.7. The number of likely N-dealkylation sites (tertiary alicyclic amines) is 1. The molecule has 0 aliphatic carbocycles. The van der Waals surface area contributed by atoms with Gasteiger partial charge < -0.3 is 19.7 Å². The normalized spacial score (nSPS) is 19.0. The zero-order chi connectivity index (χ0) is 21.1. The van der Waals surface area contributed by atoms with E-state index in [9.17, 15) is 9.90 Å². The average Bonchev–Trinajstić information content (AvgIpc) is 3.36. The molecule has 2 atom stereocenters. The van der Waals surface area contributed by atoms with Crippen LogP contribution in [0.4, 0.5) is 5.69 Å². The fourth-order valence-corrected chi connectivity index (χ4v) is 3.67. The zero-order valence-corrected chi connectivity index (χ0v) is 16.9. The Labute approximate surface area is 174 Å². The predicted molar refractivity (Wildman–Crippen MR) is 111 cm³/mol. The van der Waals surface area contributed by atoms with E-state index in [1.165, 1.54) is 6.92 Å². The third kappa shape index (κ3) is 4.50. The van der Waals surface area contributed by atoms with Gasteiger partial charge in [0.05, 0.1) is 19.3 Å². The number of β-amino-alcohol motifs (C(OH)–C–C–N with tert-alkyl or cyclic N) is 1. The van der Waals surface area contributed by atoms with Crippen molar-refractivity contribution in [1.29, 1.82) is 0 Å². The molecule has 2 heterocycles. The highest BCUT2D eigenvalue weighted by molar-refractivity contribution is 5.88. The lowest BCUT2D eigenvalue weighted by molar-refractivity contribution is -0.114. The van der Waals surface area contributed by atoms with Crippen LogP contribution in [-0.4, -0.2) is 45.8 Å². The molecule has 2 unspecified atom stereocenters. The van der Waals surface area contributed by atoms with Gasteiger partial charge in [-0.05, 0) is 48.4 Å². The second kappa shape index (κ2) is 8.64. The van der Waals surface area contributed by atoms with Crippen molar-refractivity contribution >= 4 is 11.6 Å². The average molecular weight is 408 g/mol. The number of aliphatic hydroxyl groups excluding tert-OH is 1. The molecule has 30 heavy (non-hydrogen) atoms. The second-order valence-corrected chi connectivity index (χ2v) is 7.40. The molecule has 2 aromatic carbocycles. The molecule has 8 heteroatoms. The lowest BCUT2D eigenvalue weighted by Crippen LogP contribution is -2.24. The highest BCUT2D eigenvalue weighted by Gasteiger charge is 2.35. The number of rotatable bonds is 6. The van der Waals surface area contributed by atoms with Crippen LogP contribution < -0.4 is 10.1 Å². The van der Waals surface area contributed by atoms with E-state index in [1.807, 2.05) is 48.5 Å². The lowest BCUT2D eigenvalue weighted by atomic mass is 10.1. The molecule has 0 bridgehead atoms. The van der Waals surface area contributed by atoms with Gasteiger partial charge in [0, 0.05) is 31.3 Å². The maximum atomic E-state index is 11.2. The van der Waals surface area contributed by atoms with Crippen LogP contribution >= 0.6 is 0 Å². The van der Waals surface area contributed by atoms with Gasteiger partial charge in [0.15, 0.2) is 0 Å². The van der Waals surface area contributed by atoms with Crippen LogP contribution in [0.2, 0.25) is 0 Å². The summed E-state index contributed by atoms with van der Waals surface area (Å²) in [5.41, 5.74) is 2.66. The molecule has 1 fully saturated rings. The number of nitrogens with zero attached hydrogens (tertiary/aromatic N) is 3. The van der Waals surface area contributed by atoms with Gasteiger partial charge in [-0.3, -0.25) is 9.69 Å². The van der Waals surface area contributed by atoms with E-state index in [0.717, 1.165) is 22.6 Å². The Balaban J connectivity index is 1.49. The highest BCUT2D eigenvalue weighted by Crippen LogP contribution is 2.33. The van der Waals surface area contributed by atoms with E-state index in [0.29, 0.717) is 31.2 Å². The number of benzene rings is 2. The van der Waals surface area contributed by atoms with E-state index in [2.05, 4.69) is 20.4 Å². The van der Waals surface area contributed by atoms with Crippen LogP contribution in [0.3, 0.4) is 0 Å². The predicted octanol–water partition coefficient (Wildman–Crippen LogP) is 3.01. The van der Waals surface area contributed by atoms with Crippen molar-refractivity contribution in [3.8, 4) is 17.1 Å². The Hall–Kier alpha value is -3.23. The number of aromatic nitrogens is 2. The number of hydrogen-bond acceptors (Lipinski definition) is 7. The Morgan fingerprint density at radius 1 is 1.23 bits per heavy atom. The summed E-state index contributed by atoms with van der Waals surface area (Å²) in [6.45, 7) is 2.63. The fourth-order valence-electron chi connectivity index (χ4n) is 3.67. The molecule has 1 aromatic heterocycles. The highest BCUT2D eigenvalue weighted by atomic mass is 16.5. The maximum Gasteiger partial charge on any atom is 0.244 e. The van der Waals surface area contributed by atoms with Crippen LogP contribution in [0.5, 0.6) is 5.75 Å². The van der Waals surface area contributed by atoms with Gasteiger partial charge in [-0.1, -0.05) is 17.3 Å². The molecular weight excluding hydrogens is 384 g/mol. The minimum Gasteiger partial charge on any atom is -0.497 e. The van der Waals surface area contributed by atoms with Crippen LogP contribution in [0, 0.1) is 0 Å². The second-order valence-electron chi connectivity index (χ2n) is 7.40. The van der Waals surface area contributed by atoms with Crippen molar-refractivity contribution in [1.82, 2.24) is 15.0 Å². The lowest BCUT2D eigenvalue weighted by Gasteiger charge is -2.21. The van der Waals surface area contributed by atoms with E-state index >= 15 is 0 Å². The molecule has 3 aromatic rings. The molecule has 4 rings (SSSR count). The molecule has 0 spiro atoms. The maximum absolute atomic E-state index is 11.2. The summed E-state index contributed by atoms with van der Waals surface area (Å²) in [6, 6.07) is 15.0. The number of anilines is 1. The smallest absolute Gasteiger partial charge is 0.244 e. The molecule has 2 N–H and O–H groups in total. The van der Waals surface area contributed by atoms with Crippen molar-refractivity contribution in [3.63, 3.8) is 0 Å². The number of ether oxygens (including phenoxy) is 1. The van der Waals surface area contributed by atoms with Crippen molar-refractivity contribution in [3.05, 3.63) is 60.0 Å². The van der Waals surface area contributed by atoms with Gasteiger partial charge in [-0.15, -0.1) is 0 Å². The summed E-state index contributed by atoms with van der Waals surface area (Å²) in [5, 5.41) is 17.1. The minimum absolute atomic E-state index is 0.102. The molecular formula is C22H24N4O4. The number of amides is 1. The van der Waals surface area contributed by atoms with Gasteiger partial charge in [-0.25, -0.2) is 0 Å². The summed E-state index contributed by atoms with van der Waals surface area (Å²) in [4.78, 5) is 17.9. The number of nitrogens with one attached hydrogen (secondary N) is 1. The summed E-state index contributed by atoms with van der Waals surface area (Å²) in [5.74, 6) is 1.66. The third-order valence-corrected chi connectivity index (χ3v) is 5.12. The monoisotopic (exact) mass is 408 g/mol. The Morgan fingerprint density at radius 2 is 1.97 bits per heavy atom. The minimum atomic E-state index is -0.454.